The summed E-state index contributed by atoms with van der Waals surface area (Å²) in [5, 5.41) is 27.4. The quantitative estimate of drug-likeness (QED) is 0.364. The van der Waals surface area contributed by atoms with Gasteiger partial charge in [-0.15, -0.1) is 0 Å². The number of nitrogens with one attached hydrogen (secondary N) is 1. The van der Waals surface area contributed by atoms with E-state index in [1.807, 2.05) is 0 Å². The summed E-state index contributed by atoms with van der Waals surface area (Å²) in [5.74, 6) is -1.31. The number of carboxylic acid groups (broad SMARTS) is 1. The zero-order valence-electron chi connectivity index (χ0n) is 17.5. The number of aromatic carboxylic acids is 1. The van der Waals surface area contributed by atoms with E-state index in [4.69, 9.17) is 19.1 Å². The number of aromatic nitrogens is 2. The lowest BCUT2D eigenvalue weighted by atomic mass is 10.2. The van der Waals surface area contributed by atoms with Crippen molar-refractivity contribution >= 4 is 29.3 Å². The van der Waals surface area contributed by atoms with Crippen molar-refractivity contribution in [1.82, 2.24) is 5.27 Å². The molecule has 10 nitrogen and oxygen atoms in total. The zero-order chi connectivity index (χ0) is 23.3. The fourth-order valence-corrected chi connectivity index (χ4v) is 3.80. The van der Waals surface area contributed by atoms with Gasteiger partial charge in [-0.3, -0.25) is 4.79 Å². The van der Waals surface area contributed by atoms with Gasteiger partial charge >= 0.3 is 5.97 Å². The van der Waals surface area contributed by atoms with E-state index in [0.29, 0.717) is 23.5 Å². The van der Waals surface area contributed by atoms with E-state index in [2.05, 4.69) is 10.6 Å². The smallest absolute Gasteiger partial charge is 0.335 e. The molecule has 0 aliphatic heterocycles. The van der Waals surface area contributed by atoms with Crippen molar-refractivity contribution in [3.63, 3.8) is 0 Å². The lowest BCUT2D eigenvalue weighted by Gasteiger charge is -2.15. The molecule has 1 unspecified atom stereocenters. The summed E-state index contributed by atoms with van der Waals surface area (Å²) in [6.45, 7) is 1.80. The second-order valence-corrected chi connectivity index (χ2v) is 7.69. The van der Waals surface area contributed by atoms with Gasteiger partial charge in [0.05, 0.1) is 36.0 Å². The van der Waals surface area contributed by atoms with E-state index < -0.39 is 17.2 Å². The summed E-state index contributed by atoms with van der Waals surface area (Å²) < 4.78 is 16.5. The van der Waals surface area contributed by atoms with E-state index in [9.17, 15) is 14.7 Å². The standard InChI is InChI=1S/C21H21N3O7S/c1-4-17(18(25)22-15-10-5-12(20(26)27)11-16(15)30-3)32-19-21(28)31-23-24(19)13-6-8-14(29-2)9-7-13/h5-11,17H,4H2,1-3H3,(H2-,22,23,25,26,27,28). The molecule has 0 bridgehead atoms. The molecular weight excluding hydrogens is 438 g/mol. The molecule has 0 saturated heterocycles. The second kappa shape index (κ2) is 10.1. The Hall–Kier alpha value is -3.73. The molecule has 0 aliphatic carbocycles. The Kier molecular flexibility index (Phi) is 7.21. The molecule has 0 spiro atoms. The van der Waals surface area contributed by atoms with Crippen LogP contribution < -0.4 is 24.6 Å². The first kappa shape index (κ1) is 22.9. The molecule has 11 heteroatoms. The minimum Gasteiger partial charge on any atom is -0.538 e. The highest BCUT2D eigenvalue weighted by Crippen LogP contribution is 2.32. The summed E-state index contributed by atoms with van der Waals surface area (Å²) in [5.41, 5.74) is 0.917. The first-order valence-corrected chi connectivity index (χ1v) is 10.4. The fraction of sp³-hybridized carbons (Fsp3) is 0.238. The molecule has 0 aliphatic rings. The van der Waals surface area contributed by atoms with Crippen molar-refractivity contribution in [2.75, 3.05) is 19.5 Å². The number of carboxylic acids is 1. The third kappa shape index (κ3) is 4.94. The van der Waals surface area contributed by atoms with Gasteiger partial charge in [-0.2, -0.15) is 0 Å². The van der Waals surface area contributed by atoms with E-state index in [0.717, 1.165) is 11.8 Å². The Morgan fingerprint density at radius 2 is 1.94 bits per heavy atom. The Bertz CT molecular complexity index is 1120. The summed E-state index contributed by atoms with van der Waals surface area (Å²) >= 11 is 1.02. The number of ether oxygens (including phenoxy) is 2. The molecule has 1 amide bonds. The number of rotatable bonds is 9. The number of carbonyl (C=O) groups is 2. The SMILES string of the molecule is CCC(Sc1c([O-])on[n+]1-c1ccc(OC)cc1)C(=O)Nc1ccc(C(=O)O)cc1OC. The molecule has 168 valence electrons. The molecule has 3 rings (SSSR count). The predicted molar refractivity (Wildman–Crippen MR) is 113 cm³/mol. The largest absolute Gasteiger partial charge is 0.538 e. The number of methoxy groups -OCH3 is 2. The second-order valence-electron chi connectivity index (χ2n) is 6.50. The lowest BCUT2D eigenvalue weighted by molar-refractivity contribution is -0.705. The van der Waals surface area contributed by atoms with Crippen molar-refractivity contribution < 1.29 is 38.5 Å². The van der Waals surface area contributed by atoms with Crippen LogP contribution in [0.25, 0.3) is 5.69 Å². The van der Waals surface area contributed by atoms with Crippen LogP contribution in [0.4, 0.5) is 5.69 Å². The highest BCUT2D eigenvalue weighted by atomic mass is 32.2. The normalized spacial score (nSPS) is 11.6. The molecule has 1 heterocycles. The fourth-order valence-electron chi connectivity index (χ4n) is 2.82. The van der Waals surface area contributed by atoms with Gasteiger partial charge in [0, 0.05) is 12.1 Å². The van der Waals surface area contributed by atoms with E-state index >= 15 is 0 Å². The zero-order valence-corrected chi connectivity index (χ0v) is 18.3. The van der Waals surface area contributed by atoms with Crippen LogP contribution in [-0.4, -0.2) is 41.7 Å². The maximum atomic E-state index is 12.9. The van der Waals surface area contributed by atoms with Crippen LogP contribution in [0.2, 0.25) is 0 Å². The van der Waals surface area contributed by atoms with Crippen LogP contribution in [-0.2, 0) is 4.79 Å². The number of thioether (sulfide) groups is 1. The number of nitrogens with zero attached hydrogens (tertiary/aromatic N) is 2. The van der Waals surface area contributed by atoms with Crippen molar-refractivity contribution in [1.29, 1.82) is 0 Å². The lowest BCUT2D eigenvalue weighted by Crippen LogP contribution is -2.36. The Labute approximate surface area is 187 Å². The number of benzene rings is 2. The molecule has 1 atom stereocenters. The molecule has 0 saturated carbocycles. The van der Waals surface area contributed by atoms with Crippen LogP contribution in [0.5, 0.6) is 17.4 Å². The number of anilines is 1. The van der Waals surface area contributed by atoms with Gasteiger partial charge < -0.3 is 29.5 Å². The molecular formula is C21H21N3O7S. The van der Waals surface area contributed by atoms with Crippen molar-refractivity contribution in [3.05, 3.63) is 48.0 Å². The van der Waals surface area contributed by atoms with E-state index in [1.54, 1.807) is 38.3 Å². The van der Waals surface area contributed by atoms with Gasteiger partial charge in [-0.25, -0.2) is 4.79 Å². The number of hydrogen-bond acceptors (Lipinski definition) is 8. The molecule has 2 aromatic carbocycles. The maximum absolute atomic E-state index is 12.9. The minimum absolute atomic E-state index is 0.0299. The van der Waals surface area contributed by atoms with Crippen LogP contribution in [0.1, 0.15) is 23.7 Å². The molecule has 3 aromatic rings. The van der Waals surface area contributed by atoms with Gasteiger partial charge in [0.15, 0.2) is 5.95 Å². The predicted octanol–water partition coefficient (Wildman–Crippen LogP) is 2.25. The van der Waals surface area contributed by atoms with E-state index in [-0.39, 0.29) is 22.2 Å². The van der Waals surface area contributed by atoms with Gasteiger partial charge in [0.25, 0.3) is 5.03 Å². The third-order valence-corrected chi connectivity index (χ3v) is 5.91. The summed E-state index contributed by atoms with van der Waals surface area (Å²) in [7, 11) is 2.92. The number of amides is 1. The van der Waals surface area contributed by atoms with Gasteiger partial charge in [0.1, 0.15) is 11.5 Å². The molecule has 2 N–H and O–H groups in total. The van der Waals surface area contributed by atoms with Crippen molar-refractivity contribution in [3.8, 4) is 23.1 Å². The van der Waals surface area contributed by atoms with Crippen molar-refractivity contribution in [2.24, 2.45) is 0 Å². The first-order chi connectivity index (χ1) is 15.4. The summed E-state index contributed by atoms with van der Waals surface area (Å²) in [6, 6.07) is 11.0. The average Bonchev–Trinajstić information content (AvgIpc) is 3.17. The van der Waals surface area contributed by atoms with E-state index in [1.165, 1.54) is 30.0 Å². The van der Waals surface area contributed by atoms with Crippen molar-refractivity contribution in [2.45, 2.75) is 23.6 Å². The first-order valence-electron chi connectivity index (χ1n) is 9.50. The van der Waals surface area contributed by atoms with Crippen LogP contribution in [0.15, 0.2) is 52.0 Å². The average molecular weight is 459 g/mol. The highest BCUT2D eigenvalue weighted by molar-refractivity contribution is 8.00. The number of carbonyl (C=O) groups excluding carboxylic acids is 1. The van der Waals surface area contributed by atoms with Gasteiger partial charge in [0.2, 0.25) is 11.6 Å². The van der Waals surface area contributed by atoms with Gasteiger partial charge in [-0.05, 0) is 53.2 Å². The molecule has 32 heavy (non-hydrogen) atoms. The summed E-state index contributed by atoms with van der Waals surface area (Å²) in [6.07, 6.45) is 0.402. The third-order valence-electron chi connectivity index (χ3n) is 4.51. The maximum Gasteiger partial charge on any atom is 0.335 e. The van der Waals surface area contributed by atoms with Crippen LogP contribution in [0, 0.1) is 0 Å². The Balaban J connectivity index is 1.82. The monoisotopic (exact) mass is 459 g/mol. The highest BCUT2D eigenvalue weighted by Gasteiger charge is 2.29. The van der Waals surface area contributed by atoms with Crippen LogP contribution in [0.3, 0.4) is 0 Å². The Morgan fingerprint density at radius 3 is 2.53 bits per heavy atom. The van der Waals surface area contributed by atoms with Crippen LogP contribution >= 0.6 is 11.8 Å². The molecule has 0 radical (unpaired) electrons. The molecule has 0 fully saturated rings. The minimum atomic E-state index is -1.11. The number of hydrogen-bond donors (Lipinski definition) is 2. The van der Waals surface area contributed by atoms with Gasteiger partial charge in [-0.1, -0.05) is 6.92 Å². The Morgan fingerprint density at radius 1 is 1.22 bits per heavy atom. The molecule has 1 aromatic heterocycles. The summed E-state index contributed by atoms with van der Waals surface area (Å²) in [4.78, 5) is 24.1. The topological polar surface area (TPSA) is 138 Å².